The normalized spacial score (nSPS) is 14.1. The van der Waals surface area contributed by atoms with Crippen molar-refractivity contribution in [3.63, 3.8) is 0 Å². The van der Waals surface area contributed by atoms with E-state index in [1.54, 1.807) is 0 Å². The minimum atomic E-state index is -4.51. The minimum Gasteiger partial charge on any atom is -0.429 e. The SMILES string of the molecule is CCc1cnc(NC(=O)Cn2nc(C(F)(F)F)c3c2CCC3)o1. The Bertz CT molecular complexity index is 733. The monoisotopic (exact) mass is 328 g/mol. The highest BCUT2D eigenvalue weighted by atomic mass is 19.4. The van der Waals surface area contributed by atoms with Gasteiger partial charge in [-0.3, -0.25) is 14.8 Å². The standard InChI is InChI=1S/C14H15F3N4O2/c1-2-8-6-18-13(23-8)19-11(22)7-21-10-5-3-4-9(10)12(20-21)14(15,16)17/h6H,2-5,7H2,1H3,(H,18,19,22). The lowest BCUT2D eigenvalue weighted by Crippen LogP contribution is -2.21. The van der Waals surface area contributed by atoms with Gasteiger partial charge in [-0.15, -0.1) is 0 Å². The summed E-state index contributed by atoms with van der Waals surface area (Å²) in [6, 6.07) is 0.0340. The van der Waals surface area contributed by atoms with Crippen molar-refractivity contribution >= 4 is 11.9 Å². The van der Waals surface area contributed by atoms with E-state index in [-0.39, 0.29) is 18.1 Å². The number of alkyl halides is 3. The van der Waals surface area contributed by atoms with Crippen LogP contribution in [0, 0.1) is 0 Å². The number of carbonyl (C=O) groups is 1. The number of oxazole rings is 1. The molecule has 0 spiro atoms. The van der Waals surface area contributed by atoms with Gasteiger partial charge in [-0.1, -0.05) is 6.92 Å². The maximum absolute atomic E-state index is 13.0. The fraction of sp³-hybridized carbons (Fsp3) is 0.500. The molecule has 0 aliphatic heterocycles. The number of nitrogens with one attached hydrogen (secondary N) is 1. The van der Waals surface area contributed by atoms with Gasteiger partial charge in [-0.25, -0.2) is 4.98 Å². The predicted molar refractivity (Wildman–Crippen MR) is 73.8 cm³/mol. The predicted octanol–water partition coefficient (Wildman–Crippen LogP) is 2.58. The van der Waals surface area contributed by atoms with E-state index in [0.717, 1.165) is 4.68 Å². The molecule has 9 heteroatoms. The Kier molecular flexibility index (Phi) is 3.87. The number of fused-ring (bicyclic) bond motifs is 1. The fourth-order valence-corrected chi connectivity index (χ4v) is 2.69. The molecule has 0 saturated heterocycles. The number of hydrogen-bond donors (Lipinski definition) is 1. The van der Waals surface area contributed by atoms with Crippen molar-refractivity contribution in [1.82, 2.24) is 14.8 Å². The maximum atomic E-state index is 13.0. The highest BCUT2D eigenvalue weighted by Crippen LogP contribution is 2.36. The van der Waals surface area contributed by atoms with Crippen molar-refractivity contribution in [1.29, 1.82) is 0 Å². The Morgan fingerprint density at radius 1 is 1.43 bits per heavy atom. The van der Waals surface area contributed by atoms with E-state index in [9.17, 15) is 18.0 Å². The van der Waals surface area contributed by atoms with Gasteiger partial charge in [0.2, 0.25) is 5.91 Å². The van der Waals surface area contributed by atoms with Gasteiger partial charge in [-0.2, -0.15) is 18.3 Å². The second-order valence-electron chi connectivity index (χ2n) is 5.32. The third kappa shape index (κ3) is 3.08. The van der Waals surface area contributed by atoms with Crippen molar-refractivity contribution in [3.8, 4) is 0 Å². The van der Waals surface area contributed by atoms with E-state index in [1.165, 1.54) is 6.20 Å². The number of hydrogen-bond acceptors (Lipinski definition) is 4. The van der Waals surface area contributed by atoms with Gasteiger partial charge < -0.3 is 4.42 Å². The molecule has 3 rings (SSSR count). The zero-order valence-electron chi connectivity index (χ0n) is 12.4. The summed E-state index contributed by atoms with van der Waals surface area (Å²) in [5.74, 6) is 0.0834. The van der Waals surface area contributed by atoms with E-state index >= 15 is 0 Å². The lowest BCUT2D eigenvalue weighted by Gasteiger charge is -2.05. The van der Waals surface area contributed by atoms with Gasteiger partial charge in [-0.05, 0) is 19.3 Å². The summed E-state index contributed by atoms with van der Waals surface area (Å²) in [4.78, 5) is 15.9. The molecule has 0 saturated carbocycles. The number of anilines is 1. The number of carbonyl (C=O) groups excluding carboxylic acids is 1. The molecule has 2 aromatic heterocycles. The van der Waals surface area contributed by atoms with Crippen LogP contribution in [0.2, 0.25) is 0 Å². The Hall–Kier alpha value is -2.32. The van der Waals surface area contributed by atoms with Crippen LogP contribution in [0.4, 0.5) is 19.2 Å². The Morgan fingerprint density at radius 3 is 2.87 bits per heavy atom. The third-order valence-corrected chi connectivity index (χ3v) is 3.72. The van der Waals surface area contributed by atoms with E-state index in [2.05, 4.69) is 15.4 Å². The van der Waals surface area contributed by atoms with Crippen LogP contribution in [0.3, 0.4) is 0 Å². The van der Waals surface area contributed by atoms with Crippen molar-refractivity contribution < 1.29 is 22.4 Å². The summed E-state index contributed by atoms with van der Waals surface area (Å²) in [5.41, 5.74) is -0.203. The quantitative estimate of drug-likeness (QED) is 0.936. The Labute approximate surface area is 129 Å². The molecule has 0 unspecified atom stereocenters. The van der Waals surface area contributed by atoms with Crippen LogP contribution in [0.1, 0.15) is 36.1 Å². The van der Waals surface area contributed by atoms with Gasteiger partial charge in [0, 0.05) is 17.7 Å². The van der Waals surface area contributed by atoms with Crippen LogP contribution < -0.4 is 5.32 Å². The average molecular weight is 328 g/mol. The van der Waals surface area contributed by atoms with Gasteiger partial charge in [0.05, 0.1) is 6.20 Å². The van der Waals surface area contributed by atoms with Crippen LogP contribution in [-0.2, 0) is 36.8 Å². The number of aryl methyl sites for hydroxylation is 1. The molecule has 0 aromatic carbocycles. The summed E-state index contributed by atoms with van der Waals surface area (Å²) in [6.07, 6.45) is -0.921. The lowest BCUT2D eigenvalue weighted by atomic mass is 10.2. The largest absolute Gasteiger partial charge is 0.435 e. The van der Waals surface area contributed by atoms with Crippen LogP contribution in [0.25, 0.3) is 0 Å². The molecule has 2 heterocycles. The zero-order valence-corrected chi connectivity index (χ0v) is 12.4. The second kappa shape index (κ2) is 5.71. The highest BCUT2D eigenvalue weighted by Gasteiger charge is 2.40. The van der Waals surface area contributed by atoms with Crippen LogP contribution in [0.15, 0.2) is 10.6 Å². The van der Waals surface area contributed by atoms with Gasteiger partial charge >= 0.3 is 12.2 Å². The van der Waals surface area contributed by atoms with Crippen molar-refractivity contribution in [2.75, 3.05) is 5.32 Å². The Morgan fingerprint density at radius 2 is 2.22 bits per heavy atom. The average Bonchev–Trinajstić information content (AvgIpc) is 3.15. The summed E-state index contributed by atoms with van der Waals surface area (Å²) < 4.78 is 45.3. The lowest BCUT2D eigenvalue weighted by molar-refractivity contribution is -0.142. The first-order valence-corrected chi connectivity index (χ1v) is 7.28. The van der Waals surface area contributed by atoms with E-state index in [0.29, 0.717) is 37.1 Å². The molecule has 23 heavy (non-hydrogen) atoms. The van der Waals surface area contributed by atoms with Gasteiger partial charge in [0.1, 0.15) is 12.3 Å². The topological polar surface area (TPSA) is 73.0 Å². The molecular weight excluding hydrogens is 313 g/mol. The highest BCUT2D eigenvalue weighted by molar-refractivity contribution is 5.88. The zero-order chi connectivity index (χ0) is 16.6. The molecule has 2 aromatic rings. The molecule has 0 radical (unpaired) electrons. The van der Waals surface area contributed by atoms with Crippen LogP contribution >= 0.6 is 0 Å². The van der Waals surface area contributed by atoms with Crippen molar-refractivity contribution in [2.24, 2.45) is 0 Å². The first kappa shape index (κ1) is 15.6. The van der Waals surface area contributed by atoms with Gasteiger partial charge in [0.15, 0.2) is 5.69 Å². The van der Waals surface area contributed by atoms with Gasteiger partial charge in [0.25, 0.3) is 0 Å². The Balaban J connectivity index is 1.76. The minimum absolute atomic E-state index is 0.0340. The summed E-state index contributed by atoms with van der Waals surface area (Å²) in [7, 11) is 0. The molecular formula is C14H15F3N4O2. The fourth-order valence-electron chi connectivity index (χ4n) is 2.69. The molecule has 124 valence electrons. The van der Waals surface area contributed by atoms with Crippen molar-refractivity contribution in [3.05, 3.63) is 28.9 Å². The molecule has 1 aliphatic carbocycles. The molecule has 1 amide bonds. The van der Waals surface area contributed by atoms with E-state index in [4.69, 9.17) is 4.42 Å². The van der Waals surface area contributed by atoms with E-state index in [1.807, 2.05) is 6.92 Å². The molecule has 6 nitrogen and oxygen atoms in total. The molecule has 1 N–H and O–H groups in total. The molecule has 0 atom stereocenters. The first-order valence-electron chi connectivity index (χ1n) is 7.28. The number of rotatable bonds is 4. The number of amides is 1. The van der Waals surface area contributed by atoms with Crippen molar-refractivity contribution in [2.45, 2.75) is 45.3 Å². The summed E-state index contributed by atoms with van der Waals surface area (Å²) in [6.45, 7) is 1.57. The van der Waals surface area contributed by atoms with Crippen LogP contribution in [-0.4, -0.2) is 20.7 Å². The second-order valence-corrected chi connectivity index (χ2v) is 5.32. The smallest absolute Gasteiger partial charge is 0.429 e. The number of nitrogens with zero attached hydrogens (tertiary/aromatic N) is 3. The molecule has 1 aliphatic rings. The van der Waals surface area contributed by atoms with Crippen LogP contribution in [0.5, 0.6) is 0 Å². The molecule has 0 bridgehead atoms. The summed E-state index contributed by atoms with van der Waals surface area (Å²) >= 11 is 0. The first-order chi connectivity index (χ1) is 10.9. The van der Waals surface area contributed by atoms with E-state index < -0.39 is 17.8 Å². The molecule has 0 fully saturated rings. The number of halogens is 3. The maximum Gasteiger partial charge on any atom is 0.435 e. The third-order valence-electron chi connectivity index (χ3n) is 3.72. The summed E-state index contributed by atoms with van der Waals surface area (Å²) in [5, 5.41) is 6.01. The number of aromatic nitrogens is 3.